The number of hydrogen-bond acceptors (Lipinski definition) is 5. The highest BCUT2D eigenvalue weighted by atomic mass is 16.5. The van der Waals surface area contributed by atoms with Crippen molar-refractivity contribution in [3.05, 3.63) is 60.2 Å². The van der Waals surface area contributed by atoms with Gasteiger partial charge < -0.3 is 4.74 Å². The van der Waals surface area contributed by atoms with Crippen molar-refractivity contribution < 1.29 is 4.74 Å². The van der Waals surface area contributed by atoms with Crippen molar-refractivity contribution in [2.45, 2.75) is 37.8 Å². The van der Waals surface area contributed by atoms with Crippen LogP contribution in [-0.2, 0) is 4.74 Å². The maximum atomic E-state index is 6.02. The number of nitrogens with zero attached hydrogens (tertiary/aromatic N) is 4. The second kappa shape index (κ2) is 9.40. The second-order valence-electron chi connectivity index (χ2n) is 7.56. The van der Waals surface area contributed by atoms with Crippen LogP contribution in [0.4, 0.5) is 0 Å². The molecule has 2 fully saturated rings. The van der Waals surface area contributed by atoms with Crippen LogP contribution in [0.3, 0.4) is 0 Å². The van der Waals surface area contributed by atoms with E-state index in [0.717, 1.165) is 26.3 Å². The van der Waals surface area contributed by atoms with E-state index < -0.39 is 0 Å². The summed E-state index contributed by atoms with van der Waals surface area (Å²) in [5, 5.41) is 0. The monoisotopic (exact) mass is 366 g/mol. The standard InChI is InChI=1S/C22H30N4O/c1-3-21(19-5-9-23-10-6-19)25(13-1)15-17-27-18-16-26-14-2-4-22(26)20-7-11-24-12-8-20/h5-12,21-22H,1-4,13-18H2/t21-,22+. The fourth-order valence-electron chi connectivity index (χ4n) is 4.58. The highest BCUT2D eigenvalue weighted by molar-refractivity contribution is 5.17. The van der Waals surface area contributed by atoms with Gasteiger partial charge in [0, 0.05) is 50.0 Å². The first-order valence-corrected chi connectivity index (χ1v) is 10.3. The maximum Gasteiger partial charge on any atom is 0.0594 e. The molecule has 0 bridgehead atoms. The van der Waals surface area contributed by atoms with E-state index in [1.165, 1.54) is 49.9 Å². The zero-order valence-electron chi connectivity index (χ0n) is 16.0. The average molecular weight is 367 g/mol. The van der Waals surface area contributed by atoms with Crippen molar-refractivity contribution >= 4 is 0 Å². The van der Waals surface area contributed by atoms with Crippen LogP contribution in [0.15, 0.2) is 49.1 Å². The number of aromatic nitrogens is 2. The molecule has 0 aromatic carbocycles. The van der Waals surface area contributed by atoms with E-state index >= 15 is 0 Å². The molecule has 2 aromatic rings. The predicted molar refractivity (Wildman–Crippen MR) is 106 cm³/mol. The number of likely N-dealkylation sites (tertiary alicyclic amines) is 2. The summed E-state index contributed by atoms with van der Waals surface area (Å²) in [5.74, 6) is 0. The molecule has 0 aliphatic carbocycles. The molecular weight excluding hydrogens is 336 g/mol. The Balaban J connectivity index is 1.19. The van der Waals surface area contributed by atoms with Crippen LogP contribution in [0.5, 0.6) is 0 Å². The summed E-state index contributed by atoms with van der Waals surface area (Å²) in [6.45, 7) is 6.01. The van der Waals surface area contributed by atoms with Crippen LogP contribution >= 0.6 is 0 Å². The zero-order valence-corrected chi connectivity index (χ0v) is 16.0. The molecule has 0 N–H and O–H groups in total. The molecule has 4 rings (SSSR count). The van der Waals surface area contributed by atoms with Crippen LogP contribution in [0.1, 0.15) is 48.9 Å². The largest absolute Gasteiger partial charge is 0.379 e. The molecule has 27 heavy (non-hydrogen) atoms. The van der Waals surface area contributed by atoms with E-state index in [9.17, 15) is 0 Å². The first-order chi connectivity index (χ1) is 13.4. The van der Waals surface area contributed by atoms with Gasteiger partial charge in [0.2, 0.25) is 0 Å². The van der Waals surface area contributed by atoms with Crippen molar-refractivity contribution in [2.75, 3.05) is 39.4 Å². The molecule has 5 nitrogen and oxygen atoms in total. The minimum atomic E-state index is 0.534. The lowest BCUT2D eigenvalue weighted by Crippen LogP contribution is -2.30. The molecule has 2 aliphatic heterocycles. The number of rotatable bonds is 8. The van der Waals surface area contributed by atoms with E-state index in [1.54, 1.807) is 0 Å². The smallest absolute Gasteiger partial charge is 0.0594 e. The third-order valence-electron chi connectivity index (χ3n) is 5.95. The van der Waals surface area contributed by atoms with Gasteiger partial charge in [-0.1, -0.05) is 0 Å². The highest BCUT2D eigenvalue weighted by Gasteiger charge is 2.26. The number of ether oxygens (including phenoxy) is 1. The Bertz CT molecular complexity index is 622. The van der Waals surface area contributed by atoms with E-state index in [0.29, 0.717) is 12.1 Å². The van der Waals surface area contributed by atoms with Gasteiger partial charge in [-0.05, 0) is 74.2 Å². The van der Waals surface area contributed by atoms with Crippen LogP contribution in [0, 0.1) is 0 Å². The van der Waals surface area contributed by atoms with E-state index in [4.69, 9.17) is 4.74 Å². The molecule has 4 heterocycles. The van der Waals surface area contributed by atoms with Crippen molar-refractivity contribution in [1.82, 2.24) is 19.8 Å². The van der Waals surface area contributed by atoms with E-state index in [1.807, 2.05) is 24.8 Å². The SMILES string of the molecule is c1cc([C@H]2CCCN2CCOCCN2CCC[C@H]2c2ccncc2)ccn1. The lowest BCUT2D eigenvalue weighted by Gasteiger charge is -2.26. The topological polar surface area (TPSA) is 41.5 Å². The van der Waals surface area contributed by atoms with Crippen molar-refractivity contribution in [3.63, 3.8) is 0 Å². The third-order valence-corrected chi connectivity index (χ3v) is 5.95. The summed E-state index contributed by atoms with van der Waals surface area (Å²) in [7, 11) is 0. The van der Waals surface area contributed by atoms with Gasteiger partial charge in [0.25, 0.3) is 0 Å². The Morgan fingerprint density at radius 3 is 1.63 bits per heavy atom. The Kier molecular flexibility index (Phi) is 6.45. The minimum Gasteiger partial charge on any atom is -0.379 e. The fourth-order valence-corrected chi connectivity index (χ4v) is 4.58. The third kappa shape index (κ3) is 4.72. The van der Waals surface area contributed by atoms with E-state index in [2.05, 4.69) is 44.0 Å². The van der Waals surface area contributed by atoms with Crippen LogP contribution in [-0.4, -0.2) is 59.2 Å². The molecule has 2 aliphatic rings. The van der Waals surface area contributed by atoms with Crippen LogP contribution in [0.25, 0.3) is 0 Å². The van der Waals surface area contributed by atoms with E-state index in [-0.39, 0.29) is 0 Å². The second-order valence-corrected chi connectivity index (χ2v) is 7.56. The predicted octanol–water partition coefficient (Wildman–Crippen LogP) is 3.47. The quantitative estimate of drug-likeness (QED) is 0.669. The summed E-state index contributed by atoms with van der Waals surface area (Å²) in [4.78, 5) is 13.4. The summed E-state index contributed by atoms with van der Waals surface area (Å²) in [6.07, 6.45) is 12.6. The summed E-state index contributed by atoms with van der Waals surface area (Å²) in [5.41, 5.74) is 2.78. The first kappa shape index (κ1) is 18.5. The fraction of sp³-hybridized carbons (Fsp3) is 0.545. The Morgan fingerprint density at radius 2 is 1.19 bits per heavy atom. The highest BCUT2D eigenvalue weighted by Crippen LogP contribution is 2.32. The summed E-state index contributed by atoms with van der Waals surface area (Å²) in [6, 6.07) is 9.66. The molecule has 0 unspecified atom stereocenters. The molecule has 2 atom stereocenters. The molecule has 0 saturated carbocycles. The molecule has 2 aromatic heterocycles. The van der Waals surface area contributed by atoms with Gasteiger partial charge in [-0.2, -0.15) is 0 Å². The minimum absolute atomic E-state index is 0.534. The molecule has 0 spiro atoms. The van der Waals surface area contributed by atoms with Crippen molar-refractivity contribution in [3.8, 4) is 0 Å². The van der Waals surface area contributed by atoms with Crippen molar-refractivity contribution in [1.29, 1.82) is 0 Å². The molecule has 2 saturated heterocycles. The Hall–Kier alpha value is -1.82. The van der Waals surface area contributed by atoms with Gasteiger partial charge in [0.1, 0.15) is 0 Å². The lowest BCUT2D eigenvalue weighted by molar-refractivity contribution is 0.0770. The maximum absolute atomic E-state index is 6.02. The number of pyridine rings is 2. The first-order valence-electron chi connectivity index (χ1n) is 10.3. The van der Waals surface area contributed by atoms with Gasteiger partial charge in [0.05, 0.1) is 13.2 Å². The van der Waals surface area contributed by atoms with Crippen molar-refractivity contribution in [2.24, 2.45) is 0 Å². The van der Waals surface area contributed by atoms with Gasteiger partial charge in [0.15, 0.2) is 0 Å². The normalized spacial score (nSPS) is 23.9. The average Bonchev–Trinajstić information content (AvgIpc) is 3.38. The Labute approximate surface area is 162 Å². The molecule has 5 heteroatoms. The number of hydrogen-bond donors (Lipinski definition) is 0. The lowest BCUT2D eigenvalue weighted by atomic mass is 10.1. The zero-order chi connectivity index (χ0) is 18.3. The molecule has 0 amide bonds. The van der Waals surface area contributed by atoms with Gasteiger partial charge >= 0.3 is 0 Å². The van der Waals surface area contributed by atoms with Crippen LogP contribution in [0.2, 0.25) is 0 Å². The van der Waals surface area contributed by atoms with Gasteiger partial charge in [-0.25, -0.2) is 0 Å². The Morgan fingerprint density at radius 1 is 0.741 bits per heavy atom. The summed E-state index contributed by atoms with van der Waals surface area (Å²) >= 11 is 0. The molecular formula is C22H30N4O. The molecule has 144 valence electrons. The van der Waals surface area contributed by atoms with Gasteiger partial charge in [-0.15, -0.1) is 0 Å². The van der Waals surface area contributed by atoms with Gasteiger partial charge in [-0.3, -0.25) is 19.8 Å². The van der Waals surface area contributed by atoms with Crippen LogP contribution < -0.4 is 0 Å². The summed E-state index contributed by atoms with van der Waals surface area (Å²) < 4.78 is 6.02. The molecule has 0 radical (unpaired) electrons.